The Morgan fingerprint density at radius 1 is 1.36 bits per heavy atom. The minimum atomic E-state index is -0.200. The Bertz CT molecular complexity index is 925. The van der Waals surface area contributed by atoms with E-state index < -0.39 is 0 Å². The van der Waals surface area contributed by atoms with E-state index in [1.807, 2.05) is 43.5 Å². The first-order valence-electron chi connectivity index (χ1n) is 8.38. The highest BCUT2D eigenvalue weighted by Crippen LogP contribution is 2.24. The first-order valence-corrected chi connectivity index (χ1v) is 8.38. The number of anilines is 1. The summed E-state index contributed by atoms with van der Waals surface area (Å²) < 4.78 is 3.59. The minimum absolute atomic E-state index is 0.0467. The van der Waals surface area contributed by atoms with E-state index in [2.05, 4.69) is 15.4 Å². The molecule has 0 saturated carbocycles. The fourth-order valence-electron chi connectivity index (χ4n) is 3.04. The van der Waals surface area contributed by atoms with Crippen molar-refractivity contribution in [3.05, 3.63) is 41.5 Å². The van der Waals surface area contributed by atoms with Crippen LogP contribution in [0.3, 0.4) is 0 Å². The van der Waals surface area contributed by atoms with Gasteiger partial charge in [-0.3, -0.25) is 9.48 Å². The maximum Gasteiger partial charge on any atom is 0.273 e. The van der Waals surface area contributed by atoms with E-state index in [9.17, 15) is 9.90 Å². The molecule has 0 aliphatic rings. The average molecular weight is 341 g/mol. The highest BCUT2D eigenvalue weighted by atomic mass is 16.3. The van der Waals surface area contributed by atoms with Gasteiger partial charge in [-0.1, -0.05) is 6.92 Å². The van der Waals surface area contributed by atoms with Gasteiger partial charge in [0.1, 0.15) is 11.5 Å². The summed E-state index contributed by atoms with van der Waals surface area (Å²) >= 11 is 0. The maximum atomic E-state index is 12.5. The largest absolute Gasteiger partial charge is 0.394 e. The van der Waals surface area contributed by atoms with Crippen LogP contribution in [-0.4, -0.2) is 37.0 Å². The maximum absolute atomic E-state index is 12.5. The second-order valence-corrected chi connectivity index (χ2v) is 6.22. The number of aliphatic hydroxyl groups excluding tert-OH is 1. The zero-order valence-electron chi connectivity index (χ0n) is 14.9. The van der Waals surface area contributed by atoms with Crippen molar-refractivity contribution in [2.75, 3.05) is 11.9 Å². The van der Waals surface area contributed by atoms with E-state index in [0.29, 0.717) is 11.4 Å². The van der Waals surface area contributed by atoms with Crippen LogP contribution in [0.2, 0.25) is 0 Å². The Hall–Kier alpha value is -2.67. The summed E-state index contributed by atoms with van der Waals surface area (Å²) in [4.78, 5) is 17.0. The minimum Gasteiger partial charge on any atom is -0.394 e. The number of nitrogens with zero attached hydrogens (tertiary/aromatic N) is 4. The number of aromatic nitrogens is 4. The summed E-state index contributed by atoms with van der Waals surface area (Å²) in [6.07, 6.45) is 0.785. The van der Waals surface area contributed by atoms with E-state index in [0.717, 1.165) is 29.0 Å². The lowest BCUT2D eigenvalue weighted by Gasteiger charge is -2.13. The molecule has 25 heavy (non-hydrogen) atoms. The van der Waals surface area contributed by atoms with Crippen LogP contribution in [0.15, 0.2) is 24.3 Å². The first kappa shape index (κ1) is 17.2. The topological polar surface area (TPSA) is 85.0 Å². The van der Waals surface area contributed by atoms with Gasteiger partial charge in [-0.2, -0.15) is 5.10 Å². The molecule has 1 atom stereocenters. The fourth-order valence-corrected chi connectivity index (χ4v) is 3.04. The number of fused-ring (bicyclic) bond motifs is 1. The Morgan fingerprint density at radius 3 is 2.76 bits per heavy atom. The zero-order chi connectivity index (χ0) is 18.1. The second-order valence-electron chi connectivity index (χ2n) is 6.22. The number of imidazole rings is 1. The van der Waals surface area contributed by atoms with E-state index >= 15 is 0 Å². The van der Waals surface area contributed by atoms with E-state index in [1.165, 1.54) is 0 Å². The third kappa shape index (κ3) is 3.15. The van der Waals surface area contributed by atoms with Crippen molar-refractivity contribution in [2.45, 2.75) is 33.2 Å². The van der Waals surface area contributed by atoms with E-state index in [4.69, 9.17) is 0 Å². The van der Waals surface area contributed by atoms with Crippen molar-refractivity contribution in [2.24, 2.45) is 7.05 Å². The molecule has 1 unspecified atom stereocenters. The molecule has 0 saturated heterocycles. The number of nitrogens with one attached hydrogen (secondary N) is 1. The van der Waals surface area contributed by atoms with E-state index in [-0.39, 0.29) is 18.6 Å². The summed E-state index contributed by atoms with van der Waals surface area (Å²) in [6.45, 7) is 5.90. The monoisotopic (exact) mass is 341 g/mol. The summed E-state index contributed by atoms with van der Waals surface area (Å²) in [7, 11) is 1.76. The van der Waals surface area contributed by atoms with Crippen LogP contribution in [-0.2, 0) is 13.5 Å². The lowest BCUT2D eigenvalue weighted by atomic mass is 10.2. The van der Waals surface area contributed by atoms with Crippen LogP contribution in [0.4, 0.5) is 5.69 Å². The Labute approximate surface area is 146 Å². The van der Waals surface area contributed by atoms with Gasteiger partial charge in [-0.15, -0.1) is 0 Å². The zero-order valence-corrected chi connectivity index (χ0v) is 14.9. The van der Waals surface area contributed by atoms with Crippen LogP contribution in [0, 0.1) is 6.92 Å². The predicted molar refractivity (Wildman–Crippen MR) is 96.8 cm³/mol. The standard InChI is InChI=1S/C18H23N5O2/c1-5-13-9-17(22(4)21-13)18(25)20-14-6-7-16-15(8-14)19-12(3)23(16)11(2)10-24/h6-9,11,24H,5,10H2,1-4H3,(H,20,25). The van der Waals surface area contributed by atoms with Crippen LogP contribution in [0.1, 0.15) is 41.9 Å². The fraction of sp³-hybridized carbons (Fsp3) is 0.389. The lowest BCUT2D eigenvalue weighted by molar-refractivity contribution is 0.101. The lowest BCUT2D eigenvalue weighted by Crippen LogP contribution is -2.16. The molecule has 0 spiro atoms. The molecule has 3 aromatic rings. The summed E-state index contributed by atoms with van der Waals surface area (Å²) in [5.41, 5.74) is 3.81. The first-order chi connectivity index (χ1) is 11.9. The van der Waals surface area contributed by atoms with E-state index in [1.54, 1.807) is 17.8 Å². The molecule has 0 radical (unpaired) electrons. The molecule has 0 fully saturated rings. The number of hydrogen-bond acceptors (Lipinski definition) is 4. The molecule has 2 heterocycles. The number of amides is 1. The highest BCUT2D eigenvalue weighted by molar-refractivity contribution is 6.03. The molecule has 2 N–H and O–H groups in total. The smallest absolute Gasteiger partial charge is 0.273 e. The summed E-state index contributed by atoms with van der Waals surface area (Å²) in [5.74, 6) is 0.633. The normalized spacial score (nSPS) is 12.5. The molecule has 2 aromatic heterocycles. The Morgan fingerprint density at radius 2 is 2.12 bits per heavy atom. The van der Waals surface area contributed by atoms with Crippen molar-refractivity contribution in [1.82, 2.24) is 19.3 Å². The predicted octanol–water partition coefficient (Wildman–Crippen LogP) is 2.45. The average Bonchev–Trinajstić information content (AvgIpc) is 3.12. The molecule has 0 aliphatic carbocycles. The van der Waals surface area contributed by atoms with Crippen LogP contribution in [0.25, 0.3) is 11.0 Å². The van der Waals surface area contributed by atoms with Gasteiger partial charge in [0.2, 0.25) is 0 Å². The quantitative estimate of drug-likeness (QED) is 0.746. The molecule has 7 nitrogen and oxygen atoms in total. The van der Waals surface area contributed by atoms with Crippen molar-refractivity contribution >= 4 is 22.6 Å². The highest BCUT2D eigenvalue weighted by Gasteiger charge is 2.15. The number of aliphatic hydroxyl groups is 1. The number of benzene rings is 1. The number of hydrogen-bond donors (Lipinski definition) is 2. The third-order valence-electron chi connectivity index (χ3n) is 4.35. The molecule has 1 amide bonds. The van der Waals surface area contributed by atoms with Crippen LogP contribution in [0.5, 0.6) is 0 Å². The van der Waals surface area contributed by atoms with Gasteiger partial charge in [0.25, 0.3) is 5.91 Å². The molecule has 0 bridgehead atoms. The van der Waals surface area contributed by atoms with Gasteiger partial charge in [-0.05, 0) is 44.5 Å². The van der Waals surface area contributed by atoms with Gasteiger partial charge in [0, 0.05) is 12.7 Å². The van der Waals surface area contributed by atoms with Crippen molar-refractivity contribution < 1.29 is 9.90 Å². The van der Waals surface area contributed by atoms with Gasteiger partial charge < -0.3 is 15.0 Å². The van der Waals surface area contributed by atoms with Crippen molar-refractivity contribution in [3.8, 4) is 0 Å². The van der Waals surface area contributed by atoms with Crippen molar-refractivity contribution in [1.29, 1.82) is 0 Å². The van der Waals surface area contributed by atoms with Gasteiger partial charge in [0.15, 0.2) is 0 Å². The summed E-state index contributed by atoms with van der Waals surface area (Å²) in [6, 6.07) is 7.36. The molecule has 132 valence electrons. The van der Waals surface area contributed by atoms with Crippen LogP contribution >= 0.6 is 0 Å². The molecule has 0 aliphatic heterocycles. The molecular formula is C18H23N5O2. The van der Waals surface area contributed by atoms with Gasteiger partial charge >= 0.3 is 0 Å². The summed E-state index contributed by atoms with van der Waals surface area (Å²) in [5, 5.41) is 16.6. The second kappa shape index (κ2) is 6.68. The molecule has 3 rings (SSSR count). The van der Waals surface area contributed by atoms with Crippen molar-refractivity contribution in [3.63, 3.8) is 0 Å². The van der Waals surface area contributed by atoms with Gasteiger partial charge in [-0.25, -0.2) is 4.98 Å². The number of aryl methyl sites for hydroxylation is 3. The molecule has 1 aromatic carbocycles. The Kier molecular flexibility index (Phi) is 4.59. The SMILES string of the molecule is CCc1cc(C(=O)Nc2ccc3c(c2)nc(C)n3C(C)CO)n(C)n1. The Balaban J connectivity index is 1.89. The van der Waals surface area contributed by atoms with Gasteiger partial charge in [0.05, 0.1) is 29.4 Å². The van der Waals surface area contributed by atoms with Crippen LogP contribution < -0.4 is 5.32 Å². The number of carbonyl (C=O) groups excluding carboxylic acids is 1. The molecule has 7 heteroatoms. The molecular weight excluding hydrogens is 318 g/mol. The number of rotatable bonds is 5. The third-order valence-corrected chi connectivity index (χ3v) is 4.35. The number of carbonyl (C=O) groups is 1.